The van der Waals surface area contributed by atoms with Gasteiger partial charge in [-0.05, 0) is 46.9 Å². The summed E-state index contributed by atoms with van der Waals surface area (Å²) in [6, 6.07) is 6.92. The van der Waals surface area contributed by atoms with Gasteiger partial charge < -0.3 is 11.1 Å². The Labute approximate surface area is 121 Å². The second-order valence-corrected chi connectivity index (χ2v) is 4.77. The fourth-order valence-electron chi connectivity index (χ4n) is 1.42. The van der Waals surface area contributed by atoms with Crippen LogP contribution in [0.5, 0.6) is 0 Å². The number of pyridine rings is 1. The highest BCUT2D eigenvalue weighted by Crippen LogP contribution is 2.25. The van der Waals surface area contributed by atoms with Crippen LogP contribution in [0.2, 0.25) is 0 Å². The van der Waals surface area contributed by atoms with Gasteiger partial charge in [0.1, 0.15) is 11.6 Å². The van der Waals surface area contributed by atoms with Gasteiger partial charge in [-0.15, -0.1) is 0 Å². The van der Waals surface area contributed by atoms with Crippen molar-refractivity contribution >= 4 is 45.6 Å². The van der Waals surface area contributed by atoms with Gasteiger partial charge in [-0.2, -0.15) is 0 Å². The lowest BCUT2D eigenvalue weighted by Gasteiger charge is -2.08. The van der Waals surface area contributed by atoms with E-state index in [2.05, 4.69) is 10.3 Å². The Kier molecular flexibility index (Phi) is 3.79. The average molecular weight is 374 g/mol. The fraction of sp³-hybridized carbons (Fsp3) is 0. The van der Waals surface area contributed by atoms with E-state index < -0.39 is 4.92 Å². The normalized spacial score (nSPS) is 10.2. The Morgan fingerprint density at radius 3 is 2.68 bits per heavy atom. The van der Waals surface area contributed by atoms with Crippen LogP contribution in [0, 0.1) is 19.5 Å². The number of hydrogen-bond acceptors (Lipinski definition) is 5. The third-order valence-corrected chi connectivity index (χ3v) is 3.19. The molecule has 1 heterocycles. The number of hydrogen-bond donors (Lipinski definition) is 2. The van der Waals surface area contributed by atoms with Crippen LogP contribution in [0.1, 0.15) is 0 Å². The third-order valence-electron chi connectivity index (χ3n) is 2.29. The van der Waals surface area contributed by atoms with Crippen molar-refractivity contribution in [3.8, 4) is 0 Å². The maximum atomic E-state index is 12.9. The van der Waals surface area contributed by atoms with E-state index in [0.29, 0.717) is 15.1 Å². The highest BCUT2D eigenvalue weighted by atomic mass is 127. The van der Waals surface area contributed by atoms with Crippen molar-refractivity contribution in [2.45, 2.75) is 0 Å². The molecule has 0 atom stereocenters. The number of nitro groups is 1. The molecular weight excluding hydrogens is 366 g/mol. The molecule has 0 amide bonds. The van der Waals surface area contributed by atoms with Gasteiger partial charge >= 0.3 is 5.69 Å². The summed E-state index contributed by atoms with van der Waals surface area (Å²) < 4.78 is 13.6. The van der Waals surface area contributed by atoms with Gasteiger partial charge in [-0.25, -0.2) is 9.37 Å². The predicted octanol–water partition coefficient (Wildman–Crippen LogP) is 3.06. The zero-order valence-electron chi connectivity index (χ0n) is 9.43. The lowest BCUT2D eigenvalue weighted by atomic mass is 10.3. The second kappa shape index (κ2) is 5.34. The first-order chi connectivity index (χ1) is 8.97. The van der Waals surface area contributed by atoms with Crippen molar-refractivity contribution in [2.75, 3.05) is 11.1 Å². The number of anilines is 3. The smallest absolute Gasteiger partial charge is 0.311 e. The van der Waals surface area contributed by atoms with Crippen LogP contribution < -0.4 is 11.1 Å². The van der Waals surface area contributed by atoms with Gasteiger partial charge in [0.05, 0.1) is 10.6 Å². The number of rotatable bonds is 3. The fourth-order valence-corrected chi connectivity index (χ4v) is 2.03. The first-order valence-corrected chi connectivity index (χ1v) is 6.18. The Balaban J connectivity index is 2.29. The van der Waals surface area contributed by atoms with Gasteiger partial charge in [-0.3, -0.25) is 10.1 Å². The summed E-state index contributed by atoms with van der Waals surface area (Å²) in [5, 5.41) is 13.5. The maximum absolute atomic E-state index is 12.9. The predicted molar refractivity (Wildman–Crippen MR) is 77.7 cm³/mol. The largest absolute Gasteiger partial charge is 0.378 e. The van der Waals surface area contributed by atoms with Crippen molar-refractivity contribution in [2.24, 2.45) is 0 Å². The zero-order chi connectivity index (χ0) is 14.0. The summed E-state index contributed by atoms with van der Waals surface area (Å²) >= 11 is 1.97. The van der Waals surface area contributed by atoms with Gasteiger partial charge in [0.25, 0.3) is 0 Å². The molecule has 1 aromatic heterocycles. The Bertz CT molecular complexity index is 651. The molecule has 0 fully saturated rings. The molecule has 0 aliphatic rings. The molecule has 0 saturated heterocycles. The van der Waals surface area contributed by atoms with Crippen LogP contribution >= 0.6 is 22.6 Å². The molecule has 0 unspecified atom stereocenters. The molecular formula is C11H8FIN4O2. The van der Waals surface area contributed by atoms with Crippen LogP contribution in [0.15, 0.2) is 30.3 Å². The van der Waals surface area contributed by atoms with E-state index in [1.165, 1.54) is 24.3 Å². The average Bonchev–Trinajstić information content (AvgIpc) is 2.32. The van der Waals surface area contributed by atoms with E-state index in [4.69, 9.17) is 5.73 Å². The number of nitrogen functional groups attached to an aromatic ring is 1. The van der Waals surface area contributed by atoms with E-state index in [1.54, 1.807) is 6.07 Å². The lowest BCUT2D eigenvalue weighted by Crippen LogP contribution is -2.02. The molecule has 0 radical (unpaired) electrons. The second-order valence-electron chi connectivity index (χ2n) is 3.61. The summed E-state index contributed by atoms with van der Waals surface area (Å²) in [5.41, 5.74) is 5.87. The summed E-state index contributed by atoms with van der Waals surface area (Å²) in [6.07, 6.45) is 0. The quantitative estimate of drug-likeness (QED) is 0.489. The van der Waals surface area contributed by atoms with Gasteiger partial charge in [-0.1, -0.05) is 0 Å². The first-order valence-electron chi connectivity index (χ1n) is 5.10. The van der Waals surface area contributed by atoms with Crippen LogP contribution in [-0.2, 0) is 0 Å². The minimum Gasteiger partial charge on any atom is -0.378 e. The van der Waals surface area contributed by atoms with Gasteiger partial charge in [0.15, 0.2) is 0 Å². The summed E-state index contributed by atoms with van der Waals surface area (Å²) in [5.74, 6) is -0.161. The van der Waals surface area contributed by atoms with Crippen LogP contribution in [0.4, 0.5) is 27.4 Å². The van der Waals surface area contributed by atoms with E-state index >= 15 is 0 Å². The molecule has 6 nitrogen and oxygen atoms in total. The Morgan fingerprint density at radius 2 is 2.11 bits per heavy atom. The molecule has 8 heteroatoms. The Morgan fingerprint density at radius 1 is 1.37 bits per heavy atom. The van der Waals surface area contributed by atoms with Crippen molar-refractivity contribution in [1.82, 2.24) is 4.98 Å². The zero-order valence-corrected chi connectivity index (χ0v) is 11.6. The lowest BCUT2D eigenvalue weighted by molar-refractivity contribution is -0.384. The minimum atomic E-state index is -0.603. The van der Waals surface area contributed by atoms with Gasteiger partial charge in [0.2, 0.25) is 5.82 Å². The molecule has 0 saturated carbocycles. The molecule has 1 aromatic carbocycles. The maximum Gasteiger partial charge on any atom is 0.311 e. The number of benzene rings is 1. The van der Waals surface area contributed by atoms with Crippen LogP contribution in [-0.4, -0.2) is 9.91 Å². The summed E-state index contributed by atoms with van der Waals surface area (Å²) in [7, 11) is 0. The number of nitrogens with zero attached hydrogens (tertiary/aromatic N) is 2. The minimum absolute atomic E-state index is 0.174. The molecule has 19 heavy (non-hydrogen) atoms. The highest BCUT2D eigenvalue weighted by Gasteiger charge is 2.13. The van der Waals surface area contributed by atoms with Crippen molar-refractivity contribution in [3.05, 3.63) is 49.8 Å². The molecule has 2 rings (SSSR count). The number of nitrogens with two attached hydrogens (primary N) is 1. The molecule has 98 valence electrons. The molecule has 0 aliphatic carbocycles. The SMILES string of the molecule is Nc1nc(Nc2ccc(F)cc2I)ccc1[N+](=O)[O-]. The number of nitrogens with one attached hydrogen (secondary N) is 1. The van der Waals surface area contributed by atoms with E-state index in [1.807, 2.05) is 22.6 Å². The first kappa shape index (κ1) is 13.5. The standard InChI is InChI=1S/C11H8FIN4O2/c12-6-1-2-8(7(13)5-6)15-10-4-3-9(17(18)19)11(14)16-10/h1-5H,(H3,14,15,16). The topological polar surface area (TPSA) is 94.1 Å². The van der Waals surface area contributed by atoms with Crippen molar-refractivity contribution in [3.63, 3.8) is 0 Å². The molecule has 0 aliphatic heterocycles. The van der Waals surface area contributed by atoms with Crippen LogP contribution in [0.3, 0.4) is 0 Å². The number of halogens is 2. The molecule has 3 N–H and O–H groups in total. The highest BCUT2D eigenvalue weighted by molar-refractivity contribution is 14.1. The van der Waals surface area contributed by atoms with Crippen LogP contribution in [0.25, 0.3) is 0 Å². The van der Waals surface area contributed by atoms with E-state index in [9.17, 15) is 14.5 Å². The molecule has 0 bridgehead atoms. The summed E-state index contributed by atoms with van der Waals surface area (Å²) in [6.45, 7) is 0. The molecule has 2 aromatic rings. The Hall–Kier alpha value is -1.97. The van der Waals surface area contributed by atoms with E-state index in [-0.39, 0.29) is 17.3 Å². The third kappa shape index (κ3) is 3.08. The monoisotopic (exact) mass is 374 g/mol. The molecule has 0 spiro atoms. The van der Waals surface area contributed by atoms with E-state index in [0.717, 1.165) is 0 Å². The number of aromatic nitrogens is 1. The van der Waals surface area contributed by atoms with Crippen molar-refractivity contribution in [1.29, 1.82) is 0 Å². The van der Waals surface area contributed by atoms with Crippen molar-refractivity contribution < 1.29 is 9.31 Å². The van der Waals surface area contributed by atoms with Gasteiger partial charge in [0, 0.05) is 9.64 Å². The summed E-state index contributed by atoms with van der Waals surface area (Å²) in [4.78, 5) is 13.9.